The monoisotopic (exact) mass is 326 g/mol. The summed E-state index contributed by atoms with van der Waals surface area (Å²) < 4.78 is 0.981. The van der Waals surface area contributed by atoms with Gasteiger partial charge in [0.2, 0.25) is 0 Å². The van der Waals surface area contributed by atoms with Crippen LogP contribution in [0.3, 0.4) is 0 Å². The minimum atomic E-state index is 0.155. The topological polar surface area (TPSA) is 49.9 Å². The van der Waals surface area contributed by atoms with Gasteiger partial charge in [0.1, 0.15) is 5.84 Å². The van der Waals surface area contributed by atoms with Crippen molar-refractivity contribution in [3.63, 3.8) is 0 Å². The van der Waals surface area contributed by atoms with Crippen molar-refractivity contribution in [1.29, 1.82) is 5.41 Å². The molecule has 2 atom stereocenters. The molecule has 0 radical (unpaired) electrons. The molecule has 2 unspecified atom stereocenters. The Balaban J connectivity index is 2.15. The van der Waals surface area contributed by atoms with Gasteiger partial charge < -0.3 is 5.73 Å². The first-order chi connectivity index (χ1) is 8.56. The number of hydrogen-bond acceptors (Lipinski definition) is 2. The molecule has 1 aliphatic rings. The molecule has 1 aliphatic carbocycles. The summed E-state index contributed by atoms with van der Waals surface area (Å²) in [5, 5.41) is 8.35. The van der Waals surface area contributed by atoms with E-state index in [0.717, 1.165) is 20.8 Å². The second-order valence-corrected chi connectivity index (χ2v) is 7.32. The summed E-state index contributed by atoms with van der Waals surface area (Å²) in [6.07, 6.45) is 5.24. The number of nitrogen functional groups attached to an aromatic ring is 1. The predicted molar refractivity (Wildman–Crippen MR) is 82.4 cm³/mol. The molecule has 18 heavy (non-hydrogen) atoms. The third-order valence-corrected chi connectivity index (χ3v) is 5.28. The van der Waals surface area contributed by atoms with E-state index in [1.807, 2.05) is 23.9 Å². The standard InChI is InChI=1S/C14H19BrN2S/c1-9-3-2-4-11(7-9)18-13-6-5-10(15)8-12(13)14(16)17/h5-6,8-9,11H,2-4,7H2,1H3,(H3,16,17). The third-order valence-electron chi connectivity index (χ3n) is 3.41. The highest BCUT2D eigenvalue weighted by Crippen LogP contribution is 2.37. The number of rotatable bonds is 3. The Bertz CT molecular complexity index is 447. The molecule has 0 saturated heterocycles. The largest absolute Gasteiger partial charge is 0.384 e. The van der Waals surface area contributed by atoms with E-state index in [4.69, 9.17) is 11.1 Å². The lowest BCUT2D eigenvalue weighted by Crippen LogP contribution is -2.17. The second kappa shape index (κ2) is 6.11. The number of benzene rings is 1. The molecule has 1 fully saturated rings. The molecule has 0 aromatic heterocycles. The molecule has 0 aliphatic heterocycles. The highest BCUT2D eigenvalue weighted by atomic mass is 79.9. The van der Waals surface area contributed by atoms with Gasteiger partial charge in [-0.2, -0.15) is 0 Å². The molecular formula is C14H19BrN2S. The first-order valence-electron chi connectivity index (χ1n) is 6.37. The summed E-state index contributed by atoms with van der Waals surface area (Å²) in [4.78, 5) is 1.14. The van der Waals surface area contributed by atoms with Crippen LogP contribution in [0, 0.1) is 11.3 Å². The van der Waals surface area contributed by atoms with E-state index in [-0.39, 0.29) is 5.84 Å². The van der Waals surface area contributed by atoms with Crippen LogP contribution < -0.4 is 5.73 Å². The summed E-state index contributed by atoms with van der Waals surface area (Å²) in [5.74, 6) is 0.982. The van der Waals surface area contributed by atoms with Crippen LogP contribution in [0.15, 0.2) is 27.6 Å². The molecule has 1 aromatic rings. The molecule has 1 aromatic carbocycles. The fraction of sp³-hybridized carbons (Fsp3) is 0.500. The molecule has 0 spiro atoms. The third kappa shape index (κ3) is 3.51. The number of amidine groups is 1. The van der Waals surface area contributed by atoms with Crippen LogP contribution >= 0.6 is 27.7 Å². The van der Waals surface area contributed by atoms with Gasteiger partial charge in [0, 0.05) is 20.2 Å². The molecule has 4 heteroatoms. The van der Waals surface area contributed by atoms with Crippen molar-refractivity contribution in [3.8, 4) is 0 Å². The lowest BCUT2D eigenvalue weighted by atomic mass is 9.91. The van der Waals surface area contributed by atoms with E-state index in [1.54, 1.807) is 0 Å². The van der Waals surface area contributed by atoms with Crippen LogP contribution in [0.2, 0.25) is 0 Å². The van der Waals surface area contributed by atoms with E-state index in [2.05, 4.69) is 28.9 Å². The zero-order valence-corrected chi connectivity index (χ0v) is 13.0. The highest BCUT2D eigenvalue weighted by Gasteiger charge is 2.21. The summed E-state index contributed by atoms with van der Waals surface area (Å²) >= 11 is 5.33. The van der Waals surface area contributed by atoms with E-state index in [9.17, 15) is 0 Å². The van der Waals surface area contributed by atoms with Crippen molar-refractivity contribution in [2.24, 2.45) is 11.7 Å². The van der Waals surface area contributed by atoms with E-state index >= 15 is 0 Å². The van der Waals surface area contributed by atoms with Crippen molar-refractivity contribution < 1.29 is 0 Å². The lowest BCUT2D eigenvalue weighted by molar-refractivity contribution is 0.394. The number of nitrogens with one attached hydrogen (secondary N) is 1. The maximum Gasteiger partial charge on any atom is 0.123 e. The Kier molecular flexibility index (Phi) is 4.73. The molecule has 1 saturated carbocycles. The quantitative estimate of drug-likeness (QED) is 0.638. The van der Waals surface area contributed by atoms with Gasteiger partial charge in [-0.25, -0.2) is 0 Å². The zero-order chi connectivity index (χ0) is 13.1. The van der Waals surface area contributed by atoms with Crippen LogP contribution in [-0.4, -0.2) is 11.1 Å². The number of hydrogen-bond donors (Lipinski definition) is 2. The Labute approximate surface area is 121 Å². The minimum absolute atomic E-state index is 0.155. The molecule has 3 N–H and O–H groups in total. The van der Waals surface area contributed by atoms with E-state index < -0.39 is 0 Å². The molecular weight excluding hydrogens is 308 g/mol. The van der Waals surface area contributed by atoms with Crippen LogP contribution in [-0.2, 0) is 0 Å². The van der Waals surface area contributed by atoms with Gasteiger partial charge in [0.05, 0.1) is 0 Å². The zero-order valence-electron chi connectivity index (χ0n) is 10.6. The van der Waals surface area contributed by atoms with Gasteiger partial charge in [0.15, 0.2) is 0 Å². The first kappa shape index (κ1) is 13.9. The Morgan fingerprint density at radius 1 is 1.44 bits per heavy atom. The Morgan fingerprint density at radius 2 is 2.22 bits per heavy atom. The number of nitrogens with two attached hydrogens (primary N) is 1. The van der Waals surface area contributed by atoms with E-state index in [1.165, 1.54) is 25.7 Å². The highest BCUT2D eigenvalue weighted by molar-refractivity contribution is 9.10. The van der Waals surface area contributed by atoms with Crippen LogP contribution in [0.5, 0.6) is 0 Å². The normalized spacial score (nSPS) is 23.9. The van der Waals surface area contributed by atoms with Gasteiger partial charge >= 0.3 is 0 Å². The Hall–Kier alpha value is -0.480. The smallest absolute Gasteiger partial charge is 0.123 e. The predicted octanol–water partition coefficient (Wildman–Crippen LogP) is 4.40. The summed E-state index contributed by atoms with van der Waals surface area (Å²) in [7, 11) is 0. The van der Waals surface area contributed by atoms with Gasteiger partial charge in [-0.1, -0.05) is 35.7 Å². The van der Waals surface area contributed by atoms with Crippen LogP contribution in [0.4, 0.5) is 0 Å². The van der Waals surface area contributed by atoms with Crippen molar-refractivity contribution in [2.45, 2.75) is 42.8 Å². The summed E-state index contributed by atoms with van der Waals surface area (Å²) in [6.45, 7) is 2.33. The average molecular weight is 327 g/mol. The lowest BCUT2D eigenvalue weighted by Gasteiger charge is -2.26. The molecule has 98 valence electrons. The SMILES string of the molecule is CC1CCCC(Sc2ccc(Br)cc2C(=N)N)C1. The molecule has 0 amide bonds. The minimum Gasteiger partial charge on any atom is -0.384 e. The molecule has 0 bridgehead atoms. The fourth-order valence-electron chi connectivity index (χ4n) is 2.48. The number of halogens is 1. The van der Waals surface area contributed by atoms with Gasteiger partial charge in [0.25, 0.3) is 0 Å². The Morgan fingerprint density at radius 3 is 2.89 bits per heavy atom. The fourth-order valence-corrected chi connectivity index (χ4v) is 4.35. The maximum atomic E-state index is 7.67. The molecule has 2 nitrogen and oxygen atoms in total. The molecule has 2 rings (SSSR count). The summed E-state index contributed by atoms with van der Waals surface area (Å²) in [6, 6.07) is 6.04. The first-order valence-corrected chi connectivity index (χ1v) is 8.04. The summed E-state index contributed by atoms with van der Waals surface area (Å²) in [5.41, 5.74) is 6.52. The molecule has 0 heterocycles. The van der Waals surface area contributed by atoms with Crippen LogP contribution in [0.25, 0.3) is 0 Å². The van der Waals surface area contributed by atoms with Crippen LogP contribution in [0.1, 0.15) is 38.2 Å². The maximum absolute atomic E-state index is 7.67. The number of thioether (sulfide) groups is 1. The van der Waals surface area contributed by atoms with Crippen molar-refractivity contribution in [2.75, 3.05) is 0 Å². The second-order valence-electron chi connectivity index (χ2n) is 5.07. The van der Waals surface area contributed by atoms with Crippen molar-refractivity contribution in [1.82, 2.24) is 0 Å². The van der Waals surface area contributed by atoms with Crippen molar-refractivity contribution >= 4 is 33.5 Å². The van der Waals surface area contributed by atoms with E-state index in [0.29, 0.717) is 5.25 Å². The van der Waals surface area contributed by atoms with Crippen molar-refractivity contribution in [3.05, 3.63) is 28.2 Å². The van der Waals surface area contributed by atoms with Gasteiger partial charge in [-0.05, 0) is 37.0 Å². The van der Waals surface area contributed by atoms with Gasteiger partial charge in [-0.15, -0.1) is 11.8 Å². The van der Waals surface area contributed by atoms with Gasteiger partial charge in [-0.3, -0.25) is 5.41 Å². The average Bonchev–Trinajstić information content (AvgIpc) is 2.31.